The maximum Gasteiger partial charge on any atom is 0.309 e. The summed E-state index contributed by atoms with van der Waals surface area (Å²) in [5, 5.41) is 15.5. The van der Waals surface area contributed by atoms with Gasteiger partial charge in [-0.1, -0.05) is 25.0 Å². The number of carbonyl (C=O) groups excluding carboxylic acids is 2. The molecule has 24 heavy (non-hydrogen) atoms. The van der Waals surface area contributed by atoms with Crippen molar-refractivity contribution in [3.05, 3.63) is 29.3 Å². The highest BCUT2D eigenvalue weighted by Crippen LogP contribution is 2.29. The fourth-order valence-electron chi connectivity index (χ4n) is 3.50. The quantitative estimate of drug-likeness (QED) is 0.716. The molecule has 0 radical (unpaired) electrons. The second-order valence-corrected chi connectivity index (χ2v) is 6.74. The lowest BCUT2D eigenvalue weighted by molar-refractivity contribution is -0.139. The van der Waals surface area contributed by atoms with Gasteiger partial charge in [0.05, 0.1) is 6.10 Å². The molecule has 3 rings (SSSR count). The summed E-state index contributed by atoms with van der Waals surface area (Å²) in [6, 6.07) is 5.96. The third kappa shape index (κ3) is 3.70. The summed E-state index contributed by atoms with van der Waals surface area (Å²) < 4.78 is 0. The van der Waals surface area contributed by atoms with Gasteiger partial charge in [0.15, 0.2) is 0 Å². The molecular weight excluding hydrogens is 306 g/mol. The van der Waals surface area contributed by atoms with E-state index < -0.39 is 17.9 Å². The summed E-state index contributed by atoms with van der Waals surface area (Å²) in [5.74, 6) is -1.29. The van der Waals surface area contributed by atoms with Crippen molar-refractivity contribution in [3.8, 4) is 0 Å². The minimum absolute atomic E-state index is 0.0333. The normalized spacial score (nSPS) is 18.3. The molecule has 130 valence electrons. The Bertz CT molecular complexity index is 626. The Hall–Kier alpha value is -2.08. The van der Waals surface area contributed by atoms with Crippen LogP contribution in [-0.4, -0.2) is 43.1 Å². The zero-order valence-corrected chi connectivity index (χ0v) is 14.0. The summed E-state index contributed by atoms with van der Waals surface area (Å²) in [7, 11) is 2.05. The summed E-state index contributed by atoms with van der Waals surface area (Å²) in [5.41, 5.74) is 3.16. The van der Waals surface area contributed by atoms with Gasteiger partial charge in [0.1, 0.15) is 0 Å². The van der Waals surface area contributed by atoms with E-state index in [-0.39, 0.29) is 12.6 Å². The van der Waals surface area contributed by atoms with Gasteiger partial charge < -0.3 is 20.6 Å². The molecule has 1 aromatic carbocycles. The van der Waals surface area contributed by atoms with Crippen LogP contribution in [0.4, 0.5) is 5.69 Å². The molecule has 6 nitrogen and oxygen atoms in total. The fourth-order valence-corrected chi connectivity index (χ4v) is 3.50. The van der Waals surface area contributed by atoms with Gasteiger partial charge in [-0.25, -0.2) is 0 Å². The monoisotopic (exact) mass is 331 g/mol. The average molecular weight is 331 g/mol. The van der Waals surface area contributed by atoms with E-state index in [1.807, 2.05) is 25.2 Å². The molecule has 0 bridgehead atoms. The number of amides is 2. The average Bonchev–Trinajstić information content (AvgIpc) is 3.22. The van der Waals surface area contributed by atoms with Crippen LogP contribution in [0.5, 0.6) is 0 Å². The smallest absolute Gasteiger partial charge is 0.309 e. The van der Waals surface area contributed by atoms with Gasteiger partial charge in [0, 0.05) is 31.9 Å². The molecule has 1 aliphatic heterocycles. The van der Waals surface area contributed by atoms with Gasteiger partial charge in [-0.3, -0.25) is 9.59 Å². The standard InChI is InChI=1S/C18H25N3O3/c1-21-9-8-12-10-13(6-7-15(12)21)16(22)11-19-17(23)18(24)20-14-4-2-3-5-14/h6-7,10,14,16,22H,2-5,8-9,11H2,1H3,(H,19,23)(H,20,24)/t16-/m1/s1. The number of hydrogen-bond donors (Lipinski definition) is 3. The number of carbonyl (C=O) groups is 2. The van der Waals surface area contributed by atoms with Crippen LogP contribution in [0.1, 0.15) is 42.9 Å². The number of nitrogens with one attached hydrogen (secondary N) is 2. The number of aliphatic hydroxyl groups excluding tert-OH is 1. The maximum absolute atomic E-state index is 11.9. The third-order valence-electron chi connectivity index (χ3n) is 4.97. The number of hydrogen-bond acceptors (Lipinski definition) is 4. The van der Waals surface area contributed by atoms with Crippen molar-refractivity contribution in [2.24, 2.45) is 0 Å². The van der Waals surface area contributed by atoms with Crippen molar-refractivity contribution in [2.75, 3.05) is 25.0 Å². The highest BCUT2D eigenvalue weighted by Gasteiger charge is 2.22. The first-order valence-electron chi connectivity index (χ1n) is 8.65. The van der Waals surface area contributed by atoms with Crippen LogP contribution in [0, 0.1) is 0 Å². The minimum atomic E-state index is -0.815. The number of rotatable bonds is 4. The molecule has 2 amide bonds. The van der Waals surface area contributed by atoms with Crippen LogP contribution in [0.3, 0.4) is 0 Å². The zero-order valence-electron chi connectivity index (χ0n) is 14.0. The lowest BCUT2D eigenvalue weighted by Gasteiger charge is -2.16. The van der Waals surface area contributed by atoms with Crippen LogP contribution in [-0.2, 0) is 16.0 Å². The molecule has 1 heterocycles. The Morgan fingerprint density at radius 2 is 2.04 bits per heavy atom. The second-order valence-electron chi connectivity index (χ2n) is 6.74. The fraction of sp³-hybridized carbons (Fsp3) is 0.556. The van der Waals surface area contributed by atoms with Crippen LogP contribution in [0.2, 0.25) is 0 Å². The highest BCUT2D eigenvalue weighted by atomic mass is 16.3. The van der Waals surface area contributed by atoms with E-state index in [1.54, 1.807) is 0 Å². The van der Waals surface area contributed by atoms with Gasteiger partial charge in [-0.2, -0.15) is 0 Å². The summed E-state index contributed by atoms with van der Waals surface area (Å²) in [6.45, 7) is 1.01. The Balaban J connectivity index is 1.50. The molecule has 1 aromatic rings. The van der Waals surface area contributed by atoms with E-state index in [0.29, 0.717) is 0 Å². The first kappa shape index (κ1) is 16.8. The van der Waals surface area contributed by atoms with Crippen LogP contribution in [0.15, 0.2) is 18.2 Å². The Kier molecular flexibility index (Phi) is 5.04. The molecule has 0 unspecified atom stereocenters. The van der Waals surface area contributed by atoms with Crippen molar-refractivity contribution < 1.29 is 14.7 Å². The highest BCUT2D eigenvalue weighted by molar-refractivity contribution is 6.35. The number of likely N-dealkylation sites (N-methyl/N-ethyl adjacent to an activating group) is 1. The number of aliphatic hydroxyl groups is 1. The number of nitrogens with zero attached hydrogens (tertiary/aromatic N) is 1. The van der Waals surface area contributed by atoms with Crippen LogP contribution >= 0.6 is 0 Å². The number of fused-ring (bicyclic) bond motifs is 1. The van der Waals surface area contributed by atoms with E-state index in [1.165, 1.54) is 11.3 Å². The molecule has 1 saturated carbocycles. The van der Waals surface area contributed by atoms with E-state index in [0.717, 1.165) is 44.2 Å². The van der Waals surface area contributed by atoms with Crippen LogP contribution in [0.25, 0.3) is 0 Å². The minimum Gasteiger partial charge on any atom is -0.387 e. The lowest BCUT2D eigenvalue weighted by Crippen LogP contribution is -2.44. The zero-order chi connectivity index (χ0) is 17.1. The topological polar surface area (TPSA) is 81.7 Å². The van der Waals surface area contributed by atoms with Gasteiger partial charge in [0.25, 0.3) is 0 Å². The summed E-state index contributed by atoms with van der Waals surface area (Å²) in [6.07, 6.45) is 4.21. The number of benzene rings is 1. The Morgan fingerprint density at radius 3 is 2.79 bits per heavy atom. The predicted molar refractivity (Wildman–Crippen MR) is 91.8 cm³/mol. The Morgan fingerprint density at radius 1 is 1.29 bits per heavy atom. The summed E-state index contributed by atoms with van der Waals surface area (Å²) >= 11 is 0. The molecule has 0 saturated heterocycles. The molecule has 1 atom stereocenters. The molecular formula is C18H25N3O3. The van der Waals surface area contributed by atoms with Crippen molar-refractivity contribution in [1.82, 2.24) is 10.6 Å². The van der Waals surface area contributed by atoms with E-state index in [9.17, 15) is 14.7 Å². The molecule has 3 N–H and O–H groups in total. The van der Waals surface area contributed by atoms with Crippen molar-refractivity contribution in [3.63, 3.8) is 0 Å². The van der Waals surface area contributed by atoms with Gasteiger partial charge >= 0.3 is 11.8 Å². The van der Waals surface area contributed by atoms with Crippen molar-refractivity contribution in [1.29, 1.82) is 0 Å². The summed E-state index contributed by atoms with van der Waals surface area (Å²) in [4.78, 5) is 25.9. The first-order valence-corrected chi connectivity index (χ1v) is 8.65. The molecule has 1 fully saturated rings. The molecule has 0 spiro atoms. The molecule has 1 aliphatic carbocycles. The van der Waals surface area contributed by atoms with Crippen molar-refractivity contribution in [2.45, 2.75) is 44.2 Å². The third-order valence-corrected chi connectivity index (χ3v) is 4.97. The largest absolute Gasteiger partial charge is 0.387 e. The first-order chi connectivity index (χ1) is 11.5. The Labute approximate surface area is 142 Å². The molecule has 0 aromatic heterocycles. The SMILES string of the molecule is CN1CCc2cc([C@H](O)CNC(=O)C(=O)NC3CCCC3)ccc21. The lowest BCUT2D eigenvalue weighted by atomic mass is 10.0. The maximum atomic E-state index is 11.9. The van der Waals surface area contributed by atoms with E-state index >= 15 is 0 Å². The number of anilines is 1. The van der Waals surface area contributed by atoms with Crippen molar-refractivity contribution >= 4 is 17.5 Å². The van der Waals surface area contributed by atoms with Gasteiger partial charge in [-0.15, -0.1) is 0 Å². The van der Waals surface area contributed by atoms with Gasteiger partial charge in [-0.05, 0) is 36.5 Å². The van der Waals surface area contributed by atoms with Crippen LogP contribution < -0.4 is 15.5 Å². The molecule has 6 heteroatoms. The molecule has 2 aliphatic rings. The second kappa shape index (κ2) is 7.21. The predicted octanol–water partition coefficient (Wildman–Crippen LogP) is 0.887. The van der Waals surface area contributed by atoms with E-state index in [2.05, 4.69) is 15.5 Å². The van der Waals surface area contributed by atoms with Gasteiger partial charge in [0.2, 0.25) is 0 Å². The van der Waals surface area contributed by atoms with E-state index in [4.69, 9.17) is 0 Å².